The molecular weight excluding hydrogens is 419 g/mol. The Bertz CT molecular complexity index is 834. The molecule has 1 saturated carbocycles. The molecule has 2 aromatic carbocycles. The average Bonchev–Trinajstić information content (AvgIpc) is 2.99. The zero-order valence-electron chi connectivity index (χ0n) is 16.9. The number of rotatable bonds is 6. The van der Waals surface area contributed by atoms with Gasteiger partial charge in [0.05, 0.1) is 15.7 Å². The number of nitrogens with one attached hydrogen (secondary N) is 2. The van der Waals surface area contributed by atoms with Crippen LogP contribution in [-0.2, 0) is 19.4 Å². The van der Waals surface area contributed by atoms with Gasteiger partial charge in [0.15, 0.2) is 0 Å². The molecule has 0 atom stereocenters. The van der Waals surface area contributed by atoms with E-state index in [9.17, 15) is 0 Å². The lowest BCUT2D eigenvalue weighted by Crippen LogP contribution is -2.16. The second-order valence-corrected chi connectivity index (χ2v) is 10.1. The van der Waals surface area contributed by atoms with E-state index in [-0.39, 0.29) is 0 Å². The van der Waals surface area contributed by atoms with Crippen molar-refractivity contribution in [2.75, 3.05) is 24.2 Å². The van der Waals surface area contributed by atoms with Crippen molar-refractivity contribution in [1.29, 1.82) is 0 Å². The van der Waals surface area contributed by atoms with Gasteiger partial charge in [0.25, 0.3) is 0 Å². The second kappa shape index (κ2) is 10.4. The van der Waals surface area contributed by atoms with Crippen LogP contribution in [0.15, 0.2) is 35.2 Å². The largest absolute Gasteiger partial charge is 0.380 e. The maximum Gasteiger partial charge on any atom is 0.0640 e. The Morgan fingerprint density at radius 2 is 1.79 bits per heavy atom. The first kappa shape index (κ1) is 21.4. The molecule has 1 fully saturated rings. The van der Waals surface area contributed by atoms with Crippen LogP contribution in [0.1, 0.15) is 48.8 Å². The van der Waals surface area contributed by atoms with E-state index in [0.29, 0.717) is 0 Å². The van der Waals surface area contributed by atoms with Crippen LogP contribution in [0, 0.1) is 5.92 Å². The number of anilines is 1. The summed E-state index contributed by atoms with van der Waals surface area (Å²) in [6.45, 7) is 2.77. The standard InChI is InChI=1S/C24H30Cl2N2S/c25-21-8-7-19-10-12-27-13-11-20(19)24(21)28-15-18-6-9-23(22(26)14-18)29-16-17-4-2-1-3-5-17/h6-9,14,17,27-28H,1-5,10-13,15-16H2. The quantitative estimate of drug-likeness (QED) is 0.466. The van der Waals surface area contributed by atoms with Gasteiger partial charge >= 0.3 is 0 Å². The third-order valence-electron chi connectivity index (χ3n) is 6.15. The molecule has 0 saturated heterocycles. The molecule has 1 aliphatic heterocycles. The Balaban J connectivity index is 1.39. The number of halogens is 2. The van der Waals surface area contributed by atoms with Crippen LogP contribution >= 0.6 is 35.0 Å². The van der Waals surface area contributed by atoms with Crippen molar-refractivity contribution in [2.24, 2.45) is 5.92 Å². The molecule has 156 valence electrons. The van der Waals surface area contributed by atoms with Gasteiger partial charge < -0.3 is 10.6 Å². The van der Waals surface area contributed by atoms with Crippen molar-refractivity contribution in [3.05, 3.63) is 57.1 Å². The number of benzene rings is 2. The highest BCUT2D eigenvalue weighted by Gasteiger charge is 2.16. The van der Waals surface area contributed by atoms with Crippen molar-refractivity contribution in [3.8, 4) is 0 Å². The van der Waals surface area contributed by atoms with Crippen LogP contribution in [-0.4, -0.2) is 18.8 Å². The van der Waals surface area contributed by atoms with Gasteiger partial charge in [-0.25, -0.2) is 0 Å². The number of hydrogen-bond donors (Lipinski definition) is 2. The van der Waals surface area contributed by atoms with Gasteiger partial charge in [0.1, 0.15) is 0 Å². The molecular formula is C24H30Cl2N2S. The molecule has 0 aromatic heterocycles. The summed E-state index contributed by atoms with van der Waals surface area (Å²) in [6, 6.07) is 10.7. The minimum atomic E-state index is 0.733. The van der Waals surface area contributed by atoms with E-state index < -0.39 is 0 Å². The Morgan fingerprint density at radius 3 is 2.62 bits per heavy atom. The molecule has 2 N–H and O–H groups in total. The second-order valence-electron chi connectivity index (χ2n) is 8.24. The van der Waals surface area contributed by atoms with Crippen molar-refractivity contribution in [2.45, 2.75) is 56.4 Å². The molecule has 2 nitrogen and oxygen atoms in total. The van der Waals surface area contributed by atoms with E-state index in [4.69, 9.17) is 23.2 Å². The zero-order chi connectivity index (χ0) is 20.1. The smallest absolute Gasteiger partial charge is 0.0640 e. The molecule has 1 aliphatic carbocycles. The highest BCUT2D eigenvalue weighted by atomic mass is 35.5. The van der Waals surface area contributed by atoms with E-state index in [2.05, 4.69) is 34.9 Å². The Labute approximate surface area is 189 Å². The fraction of sp³-hybridized carbons (Fsp3) is 0.500. The minimum Gasteiger partial charge on any atom is -0.380 e. The number of thioether (sulfide) groups is 1. The summed E-state index contributed by atoms with van der Waals surface area (Å²) in [5, 5.41) is 8.73. The van der Waals surface area contributed by atoms with Gasteiger partial charge in [0, 0.05) is 17.2 Å². The molecule has 2 aliphatic rings. The Morgan fingerprint density at radius 1 is 0.966 bits per heavy atom. The first-order valence-corrected chi connectivity index (χ1v) is 12.6. The predicted octanol–water partition coefficient (Wildman–Crippen LogP) is 6.97. The summed E-state index contributed by atoms with van der Waals surface area (Å²) in [4.78, 5) is 1.21. The SMILES string of the molecule is Clc1cc(CNc2c(Cl)ccc3c2CCNCC3)ccc1SCC1CCCCC1. The molecule has 1 heterocycles. The Kier molecular flexibility index (Phi) is 7.69. The van der Waals surface area contributed by atoms with Crippen molar-refractivity contribution < 1.29 is 0 Å². The molecule has 0 radical (unpaired) electrons. The molecule has 0 unspecified atom stereocenters. The fourth-order valence-electron chi connectivity index (χ4n) is 4.46. The van der Waals surface area contributed by atoms with Crippen LogP contribution in [0.5, 0.6) is 0 Å². The molecule has 0 spiro atoms. The van der Waals surface area contributed by atoms with Crippen LogP contribution in [0.2, 0.25) is 10.0 Å². The van der Waals surface area contributed by atoms with Crippen LogP contribution in [0.25, 0.3) is 0 Å². The summed E-state index contributed by atoms with van der Waals surface area (Å²) in [6.07, 6.45) is 9.02. The first-order chi connectivity index (χ1) is 14.2. The topological polar surface area (TPSA) is 24.1 Å². The highest BCUT2D eigenvalue weighted by molar-refractivity contribution is 7.99. The summed E-state index contributed by atoms with van der Waals surface area (Å²) in [7, 11) is 0. The van der Waals surface area contributed by atoms with Crippen molar-refractivity contribution in [1.82, 2.24) is 5.32 Å². The zero-order valence-corrected chi connectivity index (χ0v) is 19.2. The normalized spacial score (nSPS) is 17.6. The summed E-state index contributed by atoms with van der Waals surface area (Å²) in [5.74, 6) is 2.05. The predicted molar refractivity (Wildman–Crippen MR) is 128 cm³/mol. The van der Waals surface area contributed by atoms with Gasteiger partial charge in [-0.3, -0.25) is 0 Å². The van der Waals surface area contributed by atoms with E-state index >= 15 is 0 Å². The molecule has 0 amide bonds. The van der Waals surface area contributed by atoms with E-state index in [1.807, 2.05) is 17.8 Å². The summed E-state index contributed by atoms with van der Waals surface area (Å²) >= 11 is 15.1. The third kappa shape index (κ3) is 5.64. The average molecular weight is 449 g/mol. The molecule has 2 aromatic rings. The molecule has 29 heavy (non-hydrogen) atoms. The summed E-state index contributed by atoms with van der Waals surface area (Å²) in [5.41, 5.74) is 5.03. The van der Waals surface area contributed by atoms with Crippen LogP contribution < -0.4 is 10.6 Å². The fourth-order valence-corrected chi connectivity index (χ4v) is 6.18. The first-order valence-electron chi connectivity index (χ1n) is 10.9. The number of hydrogen-bond acceptors (Lipinski definition) is 3. The van der Waals surface area contributed by atoms with Crippen LogP contribution in [0.3, 0.4) is 0 Å². The van der Waals surface area contributed by atoms with Gasteiger partial charge in [-0.05, 0) is 79.6 Å². The maximum atomic E-state index is 6.61. The van der Waals surface area contributed by atoms with Gasteiger partial charge in [0.2, 0.25) is 0 Å². The van der Waals surface area contributed by atoms with E-state index in [1.54, 1.807) is 0 Å². The lowest BCUT2D eigenvalue weighted by molar-refractivity contribution is 0.391. The highest BCUT2D eigenvalue weighted by Crippen LogP contribution is 2.35. The third-order valence-corrected chi connectivity index (χ3v) is 8.19. The van der Waals surface area contributed by atoms with Gasteiger partial charge in [-0.1, -0.05) is 54.6 Å². The van der Waals surface area contributed by atoms with E-state index in [1.165, 1.54) is 59.4 Å². The molecule has 0 bridgehead atoms. The van der Waals surface area contributed by atoms with Gasteiger partial charge in [-0.15, -0.1) is 11.8 Å². The van der Waals surface area contributed by atoms with Gasteiger partial charge in [-0.2, -0.15) is 0 Å². The van der Waals surface area contributed by atoms with E-state index in [0.717, 1.165) is 54.1 Å². The van der Waals surface area contributed by atoms with Crippen LogP contribution in [0.4, 0.5) is 5.69 Å². The summed E-state index contributed by atoms with van der Waals surface area (Å²) < 4.78 is 0. The molecule has 4 rings (SSSR count). The van der Waals surface area contributed by atoms with Crippen molar-refractivity contribution in [3.63, 3.8) is 0 Å². The maximum absolute atomic E-state index is 6.61. The monoisotopic (exact) mass is 448 g/mol. The minimum absolute atomic E-state index is 0.733. The van der Waals surface area contributed by atoms with Crippen molar-refractivity contribution >= 4 is 40.7 Å². The number of fused-ring (bicyclic) bond motifs is 1. The lowest BCUT2D eigenvalue weighted by atomic mass is 9.91. The molecule has 5 heteroatoms. The lowest BCUT2D eigenvalue weighted by Gasteiger charge is -2.21. The Hall–Kier alpha value is -0.870.